The molecule has 0 saturated carbocycles. The number of halogens is 5. The Labute approximate surface area is 228 Å². The number of benzene rings is 2. The van der Waals surface area contributed by atoms with E-state index in [1.54, 1.807) is 31.2 Å². The molecule has 202 valence electrons. The van der Waals surface area contributed by atoms with E-state index in [9.17, 15) is 18.0 Å². The number of carbonyl (C=O) groups excluding carboxylic acids is 1. The maximum absolute atomic E-state index is 13.9. The maximum Gasteiger partial charge on any atom is 0.319 e. The Bertz CT molecular complexity index is 1270. The Balaban J connectivity index is 1.30. The molecule has 7 nitrogen and oxygen atoms in total. The number of nitrogens with zero attached hydrogens (tertiary/aromatic N) is 3. The van der Waals surface area contributed by atoms with Crippen molar-refractivity contribution in [2.24, 2.45) is 0 Å². The van der Waals surface area contributed by atoms with Crippen molar-refractivity contribution in [2.45, 2.75) is 31.8 Å². The van der Waals surface area contributed by atoms with Crippen LogP contribution in [0, 0.1) is 5.82 Å². The highest BCUT2D eigenvalue weighted by molar-refractivity contribution is 6.36. The summed E-state index contributed by atoms with van der Waals surface area (Å²) < 4.78 is 46.3. The van der Waals surface area contributed by atoms with Gasteiger partial charge in [-0.05, 0) is 31.2 Å². The van der Waals surface area contributed by atoms with E-state index >= 15 is 0 Å². The number of anilines is 1. The number of likely N-dealkylation sites (tertiary alicyclic amines) is 1. The van der Waals surface area contributed by atoms with Crippen LogP contribution in [0.1, 0.15) is 31.4 Å². The second-order valence-corrected chi connectivity index (χ2v) is 9.70. The van der Waals surface area contributed by atoms with E-state index in [-0.39, 0.29) is 17.9 Å². The Morgan fingerprint density at radius 3 is 2.58 bits per heavy atom. The standard InChI is InChI=1S/C26H26Cl2F3N5O2/c1-16(22-20(27)5-6-21(29)23(22)28)38-19-4-2-3-17(13-19)24-33-14-18(15-34-24)35-25(37)32-9-12-36-10-7-26(30,31)8-11-36/h2-6,13-16H,7-12H2,1H3,(H2,32,35,37). The first-order valence-electron chi connectivity index (χ1n) is 12.0. The highest BCUT2D eigenvalue weighted by Crippen LogP contribution is 2.35. The minimum absolute atomic E-state index is 0.0900. The summed E-state index contributed by atoms with van der Waals surface area (Å²) >= 11 is 12.3. The molecule has 1 aliphatic heterocycles. The molecule has 3 aromatic rings. The van der Waals surface area contributed by atoms with Gasteiger partial charge in [0.15, 0.2) is 5.82 Å². The van der Waals surface area contributed by atoms with Gasteiger partial charge in [0.05, 0.1) is 23.1 Å². The Kier molecular flexibility index (Phi) is 8.96. The van der Waals surface area contributed by atoms with Crippen molar-refractivity contribution in [3.8, 4) is 17.1 Å². The van der Waals surface area contributed by atoms with Crippen LogP contribution < -0.4 is 15.4 Å². The largest absolute Gasteiger partial charge is 0.486 e. The molecular formula is C26H26Cl2F3N5O2. The number of rotatable bonds is 8. The van der Waals surface area contributed by atoms with Crippen LogP contribution in [0.4, 0.5) is 23.7 Å². The van der Waals surface area contributed by atoms with Crippen molar-refractivity contribution in [2.75, 3.05) is 31.5 Å². The molecule has 1 atom stereocenters. The Morgan fingerprint density at radius 2 is 1.87 bits per heavy atom. The summed E-state index contributed by atoms with van der Waals surface area (Å²) in [5.41, 5.74) is 1.40. The third-order valence-corrected chi connectivity index (χ3v) is 6.82. The molecule has 0 bridgehead atoms. The monoisotopic (exact) mass is 567 g/mol. The molecule has 2 N–H and O–H groups in total. The van der Waals surface area contributed by atoms with Crippen LogP contribution in [0.3, 0.4) is 0 Å². The molecule has 0 radical (unpaired) electrons. The van der Waals surface area contributed by atoms with Crippen molar-refractivity contribution in [3.63, 3.8) is 0 Å². The lowest BCUT2D eigenvalue weighted by Crippen LogP contribution is -2.43. The van der Waals surface area contributed by atoms with Gasteiger partial charge >= 0.3 is 6.03 Å². The zero-order valence-corrected chi connectivity index (χ0v) is 22.0. The van der Waals surface area contributed by atoms with E-state index in [0.717, 1.165) is 0 Å². The van der Waals surface area contributed by atoms with E-state index in [2.05, 4.69) is 20.6 Å². The molecule has 38 heavy (non-hydrogen) atoms. The Hall–Kier alpha value is -3.08. The molecule has 1 aliphatic rings. The minimum Gasteiger partial charge on any atom is -0.486 e. The van der Waals surface area contributed by atoms with Crippen LogP contribution in [0.15, 0.2) is 48.8 Å². The van der Waals surface area contributed by atoms with Crippen molar-refractivity contribution in [1.82, 2.24) is 20.2 Å². The highest BCUT2D eigenvalue weighted by atomic mass is 35.5. The summed E-state index contributed by atoms with van der Waals surface area (Å²) in [6, 6.07) is 9.20. The lowest BCUT2D eigenvalue weighted by Gasteiger charge is -2.31. The molecule has 0 aliphatic carbocycles. The van der Waals surface area contributed by atoms with Gasteiger partial charge < -0.3 is 20.3 Å². The van der Waals surface area contributed by atoms with Gasteiger partial charge in [0.2, 0.25) is 0 Å². The number of urea groups is 1. The van der Waals surface area contributed by atoms with E-state index in [1.165, 1.54) is 24.5 Å². The zero-order valence-electron chi connectivity index (χ0n) is 20.5. The number of piperidine rings is 1. The smallest absolute Gasteiger partial charge is 0.319 e. The van der Waals surface area contributed by atoms with Gasteiger partial charge in [0.1, 0.15) is 17.7 Å². The summed E-state index contributed by atoms with van der Waals surface area (Å²) in [6.07, 6.45) is 2.00. The fourth-order valence-electron chi connectivity index (χ4n) is 4.04. The van der Waals surface area contributed by atoms with Crippen LogP contribution in [0.25, 0.3) is 11.4 Å². The predicted molar refractivity (Wildman–Crippen MR) is 141 cm³/mol. The first-order valence-corrected chi connectivity index (χ1v) is 12.7. The summed E-state index contributed by atoms with van der Waals surface area (Å²) in [6.45, 7) is 3.15. The molecule has 12 heteroatoms. The van der Waals surface area contributed by atoms with Crippen molar-refractivity contribution < 1.29 is 22.7 Å². The van der Waals surface area contributed by atoms with Crippen molar-refractivity contribution in [3.05, 3.63) is 70.2 Å². The predicted octanol–water partition coefficient (Wildman–Crippen LogP) is 6.58. The Morgan fingerprint density at radius 1 is 1.16 bits per heavy atom. The SMILES string of the molecule is CC(Oc1cccc(-c2ncc(NC(=O)NCCN3CCC(F)(F)CC3)cn2)c1)c1c(Cl)ccc(F)c1Cl. The van der Waals surface area contributed by atoms with Gasteiger partial charge in [0, 0.05) is 55.2 Å². The van der Waals surface area contributed by atoms with Gasteiger partial charge in [-0.2, -0.15) is 0 Å². The van der Waals surface area contributed by atoms with Crippen LogP contribution in [0.5, 0.6) is 5.75 Å². The van der Waals surface area contributed by atoms with E-state index in [0.29, 0.717) is 59.6 Å². The number of amides is 2. The zero-order chi connectivity index (χ0) is 27.3. The topological polar surface area (TPSA) is 79.4 Å². The second kappa shape index (κ2) is 12.2. The van der Waals surface area contributed by atoms with Gasteiger partial charge in [0.25, 0.3) is 5.92 Å². The van der Waals surface area contributed by atoms with Gasteiger partial charge in [-0.15, -0.1) is 0 Å². The molecule has 2 amide bonds. The lowest BCUT2D eigenvalue weighted by atomic mass is 10.1. The highest BCUT2D eigenvalue weighted by Gasteiger charge is 2.33. The molecule has 1 saturated heterocycles. The number of hydrogen-bond donors (Lipinski definition) is 2. The van der Waals surface area contributed by atoms with Gasteiger partial charge in [-0.25, -0.2) is 27.9 Å². The third-order valence-electron chi connectivity index (χ3n) is 6.10. The van der Waals surface area contributed by atoms with E-state index in [1.807, 2.05) is 4.90 Å². The van der Waals surface area contributed by atoms with Gasteiger partial charge in [-0.3, -0.25) is 0 Å². The fraction of sp³-hybridized carbons (Fsp3) is 0.346. The molecular weight excluding hydrogens is 542 g/mol. The van der Waals surface area contributed by atoms with Crippen LogP contribution >= 0.6 is 23.2 Å². The number of nitrogens with one attached hydrogen (secondary N) is 2. The molecule has 1 fully saturated rings. The number of hydrogen-bond acceptors (Lipinski definition) is 5. The summed E-state index contributed by atoms with van der Waals surface area (Å²) in [5, 5.41) is 5.56. The molecule has 0 spiro atoms. The van der Waals surface area contributed by atoms with Crippen LogP contribution in [-0.2, 0) is 0 Å². The average Bonchev–Trinajstić information content (AvgIpc) is 2.88. The van der Waals surface area contributed by atoms with Crippen LogP contribution in [0.2, 0.25) is 10.0 Å². The number of aromatic nitrogens is 2. The number of carbonyl (C=O) groups is 1. The quantitative estimate of drug-likeness (QED) is 0.300. The van der Waals surface area contributed by atoms with E-state index < -0.39 is 23.9 Å². The maximum atomic E-state index is 13.9. The van der Waals surface area contributed by atoms with Gasteiger partial charge in [-0.1, -0.05) is 35.3 Å². The van der Waals surface area contributed by atoms with Crippen molar-refractivity contribution >= 4 is 34.9 Å². The third kappa shape index (κ3) is 7.27. The number of alkyl halides is 2. The van der Waals surface area contributed by atoms with Crippen molar-refractivity contribution in [1.29, 1.82) is 0 Å². The normalized spacial score (nSPS) is 16.1. The summed E-state index contributed by atoms with van der Waals surface area (Å²) in [7, 11) is 0. The average molecular weight is 568 g/mol. The summed E-state index contributed by atoms with van der Waals surface area (Å²) in [5.74, 6) is -2.29. The van der Waals surface area contributed by atoms with Crippen LogP contribution in [-0.4, -0.2) is 53.0 Å². The summed E-state index contributed by atoms with van der Waals surface area (Å²) in [4.78, 5) is 22.7. The first kappa shape index (κ1) is 27.9. The fourth-order valence-corrected chi connectivity index (χ4v) is 4.71. The molecule has 2 heterocycles. The lowest BCUT2D eigenvalue weighted by molar-refractivity contribution is -0.0546. The molecule has 1 unspecified atom stereocenters. The second-order valence-electron chi connectivity index (χ2n) is 8.92. The minimum atomic E-state index is -2.59. The first-order chi connectivity index (χ1) is 18.1. The molecule has 4 rings (SSSR count). The number of ether oxygens (including phenoxy) is 1. The van der Waals surface area contributed by atoms with E-state index in [4.69, 9.17) is 27.9 Å². The molecule has 1 aromatic heterocycles. The molecule has 2 aromatic carbocycles.